The molecule has 2 aromatic heterocycles. The molecule has 0 saturated heterocycles. The number of benzene rings is 1. The minimum atomic E-state index is -0.253. The number of H-pyrrole nitrogens is 1. The van der Waals surface area contributed by atoms with Crippen molar-refractivity contribution in [2.45, 2.75) is 6.92 Å². The van der Waals surface area contributed by atoms with Crippen molar-refractivity contribution in [2.75, 3.05) is 5.32 Å². The third-order valence-electron chi connectivity index (χ3n) is 2.77. The first-order chi connectivity index (χ1) is 8.74. The van der Waals surface area contributed by atoms with Crippen molar-refractivity contribution in [3.63, 3.8) is 0 Å². The van der Waals surface area contributed by atoms with Gasteiger partial charge >= 0.3 is 0 Å². The predicted molar refractivity (Wildman–Crippen MR) is 67.5 cm³/mol. The van der Waals surface area contributed by atoms with E-state index < -0.39 is 0 Å². The van der Waals surface area contributed by atoms with Crippen molar-refractivity contribution >= 4 is 22.5 Å². The van der Waals surface area contributed by atoms with Gasteiger partial charge in [-0.25, -0.2) is 0 Å². The number of fused-ring (bicyclic) bond motifs is 1. The Bertz CT molecular complexity index is 712. The van der Waals surface area contributed by atoms with Gasteiger partial charge in [0.1, 0.15) is 0 Å². The summed E-state index contributed by atoms with van der Waals surface area (Å²) >= 11 is 0. The minimum absolute atomic E-state index is 0.253. The van der Waals surface area contributed by atoms with E-state index in [1.807, 2.05) is 25.1 Å². The molecule has 0 aliphatic carbocycles. The van der Waals surface area contributed by atoms with Crippen LogP contribution < -0.4 is 5.32 Å². The smallest absolute Gasteiger partial charge is 0.291 e. The summed E-state index contributed by atoms with van der Waals surface area (Å²) in [5, 5.41) is 10.6. The van der Waals surface area contributed by atoms with Gasteiger partial charge in [-0.15, -0.1) is 0 Å². The molecule has 5 heteroatoms. The second-order valence-electron chi connectivity index (χ2n) is 4.06. The van der Waals surface area contributed by atoms with E-state index in [-0.39, 0.29) is 5.91 Å². The molecule has 0 bridgehead atoms. The summed E-state index contributed by atoms with van der Waals surface area (Å²) in [4.78, 5) is 11.9. The highest BCUT2D eigenvalue weighted by Crippen LogP contribution is 2.18. The topological polar surface area (TPSA) is 70.9 Å². The Labute approximate surface area is 103 Å². The predicted octanol–water partition coefficient (Wildman–Crippen LogP) is 2.72. The number of hydrogen-bond donors (Lipinski definition) is 2. The van der Waals surface area contributed by atoms with Crippen LogP contribution in [0, 0.1) is 6.92 Å². The van der Waals surface area contributed by atoms with Gasteiger partial charge in [-0.1, -0.05) is 0 Å². The molecule has 0 spiro atoms. The van der Waals surface area contributed by atoms with Crippen molar-refractivity contribution in [2.24, 2.45) is 0 Å². The number of carbonyl (C=O) groups excluding carboxylic acids is 1. The average Bonchev–Trinajstić information content (AvgIpc) is 2.96. The van der Waals surface area contributed by atoms with Crippen LogP contribution in [0.5, 0.6) is 0 Å². The van der Waals surface area contributed by atoms with Gasteiger partial charge in [0, 0.05) is 16.6 Å². The van der Waals surface area contributed by atoms with E-state index in [0.717, 1.165) is 16.5 Å². The molecule has 1 amide bonds. The molecular weight excluding hydrogens is 230 g/mol. The zero-order valence-electron chi connectivity index (χ0n) is 9.73. The van der Waals surface area contributed by atoms with E-state index in [0.29, 0.717) is 11.4 Å². The number of rotatable bonds is 2. The maximum atomic E-state index is 11.9. The number of aromatic nitrogens is 2. The number of aromatic amines is 1. The summed E-state index contributed by atoms with van der Waals surface area (Å²) in [5.41, 5.74) is 2.40. The molecule has 5 nitrogen and oxygen atoms in total. The van der Waals surface area contributed by atoms with Crippen molar-refractivity contribution in [1.82, 2.24) is 10.2 Å². The first-order valence-electron chi connectivity index (χ1n) is 5.52. The summed E-state index contributed by atoms with van der Waals surface area (Å²) in [7, 11) is 0. The molecule has 0 saturated carbocycles. The molecule has 0 unspecified atom stereocenters. The number of amides is 1. The molecule has 1 aromatic carbocycles. The third-order valence-corrected chi connectivity index (χ3v) is 2.77. The van der Waals surface area contributed by atoms with Crippen LogP contribution >= 0.6 is 0 Å². The van der Waals surface area contributed by atoms with E-state index in [4.69, 9.17) is 4.42 Å². The maximum Gasteiger partial charge on any atom is 0.291 e. The Morgan fingerprint density at radius 1 is 1.39 bits per heavy atom. The zero-order valence-corrected chi connectivity index (χ0v) is 9.73. The largest absolute Gasteiger partial charge is 0.459 e. The van der Waals surface area contributed by atoms with Crippen LogP contribution in [0.1, 0.15) is 16.1 Å². The Kier molecular flexibility index (Phi) is 2.37. The van der Waals surface area contributed by atoms with Gasteiger partial charge < -0.3 is 9.73 Å². The Morgan fingerprint density at radius 3 is 3.06 bits per heavy atom. The Morgan fingerprint density at radius 2 is 2.28 bits per heavy atom. The average molecular weight is 241 g/mol. The molecule has 3 rings (SSSR count). The monoisotopic (exact) mass is 241 g/mol. The van der Waals surface area contributed by atoms with Gasteiger partial charge in [0.2, 0.25) is 0 Å². The van der Waals surface area contributed by atoms with Crippen molar-refractivity contribution in [3.8, 4) is 0 Å². The normalized spacial score (nSPS) is 10.7. The van der Waals surface area contributed by atoms with E-state index in [1.165, 1.54) is 6.26 Å². The summed E-state index contributed by atoms with van der Waals surface area (Å²) in [6.45, 7) is 1.83. The molecule has 18 heavy (non-hydrogen) atoms. The first kappa shape index (κ1) is 10.6. The lowest BCUT2D eigenvalue weighted by Gasteiger charge is -2.03. The third kappa shape index (κ3) is 1.75. The number of nitrogens with one attached hydrogen (secondary N) is 2. The van der Waals surface area contributed by atoms with E-state index >= 15 is 0 Å². The summed E-state index contributed by atoms with van der Waals surface area (Å²) in [5.74, 6) is 0.0797. The fourth-order valence-electron chi connectivity index (χ4n) is 1.81. The van der Waals surface area contributed by atoms with Gasteiger partial charge in [0.25, 0.3) is 5.91 Å². The zero-order chi connectivity index (χ0) is 12.5. The molecule has 2 N–H and O–H groups in total. The molecule has 0 atom stereocenters. The second-order valence-corrected chi connectivity index (χ2v) is 4.06. The van der Waals surface area contributed by atoms with Crippen LogP contribution in [0.25, 0.3) is 10.9 Å². The fraction of sp³-hybridized carbons (Fsp3) is 0.0769. The summed E-state index contributed by atoms with van der Waals surface area (Å²) in [6.07, 6.45) is 3.24. The summed E-state index contributed by atoms with van der Waals surface area (Å²) < 4.78 is 5.14. The van der Waals surface area contributed by atoms with E-state index in [2.05, 4.69) is 15.5 Å². The van der Waals surface area contributed by atoms with Crippen molar-refractivity contribution in [3.05, 3.63) is 48.0 Å². The van der Waals surface area contributed by atoms with Crippen LogP contribution in [-0.4, -0.2) is 16.1 Å². The maximum absolute atomic E-state index is 11.9. The second kappa shape index (κ2) is 4.03. The molecule has 0 aliphatic heterocycles. The number of furan rings is 1. The number of aryl methyl sites for hydroxylation is 1. The number of nitrogens with zero attached hydrogens (tertiary/aromatic N) is 1. The molecule has 0 radical (unpaired) electrons. The lowest BCUT2D eigenvalue weighted by molar-refractivity contribution is 0.0996. The van der Waals surface area contributed by atoms with Gasteiger partial charge in [0.05, 0.1) is 18.0 Å². The molecule has 3 aromatic rings. The standard InChI is InChI=1S/C13H11N3O2/c1-8-4-5-18-12(8)13(17)15-10-3-2-9-7-14-16-11(9)6-10/h2-7H,1H3,(H,14,16)(H,15,17). The number of carbonyl (C=O) groups is 1. The van der Waals surface area contributed by atoms with E-state index in [9.17, 15) is 4.79 Å². The highest BCUT2D eigenvalue weighted by Gasteiger charge is 2.12. The van der Waals surface area contributed by atoms with Gasteiger partial charge in [-0.05, 0) is 31.2 Å². The van der Waals surface area contributed by atoms with Crippen LogP contribution in [0.2, 0.25) is 0 Å². The lowest BCUT2D eigenvalue weighted by Crippen LogP contribution is -2.11. The molecule has 0 fully saturated rings. The highest BCUT2D eigenvalue weighted by atomic mass is 16.3. The quantitative estimate of drug-likeness (QED) is 0.724. The number of hydrogen-bond acceptors (Lipinski definition) is 3. The lowest BCUT2D eigenvalue weighted by atomic mass is 10.2. The van der Waals surface area contributed by atoms with Gasteiger partial charge in [-0.3, -0.25) is 9.89 Å². The van der Waals surface area contributed by atoms with Gasteiger partial charge in [0.15, 0.2) is 5.76 Å². The van der Waals surface area contributed by atoms with Crippen LogP contribution in [0.4, 0.5) is 5.69 Å². The number of anilines is 1. The van der Waals surface area contributed by atoms with Crippen molar-refractivity contribution < 1.29 is 9.21 Å². The van der Waals surface area contributed by atoms with Crippen molar-refractivity contribution in [1.29, 1.82) is 0 Å². The Hall–Kier alpha value is -2.56. The van der Waals surface area contributed by atoms with E-state index in [1.54, 1.807) is 12.3 Å². The first-order valence-corrected chi connectivity index (χ1v) is 5.52. The molecule has 0 aliphatic rings. The summed E-state index contributed by atoms with van der Waals surface area (Å²) in [6, 6.07) is 7.31. The highest BCUT2D eigenvalue weighted by molar-refractivity contribution is 6.04. The van der Waals surface area contributed by atoms with Crippen LogP contribution in [0.15, 0.2) is 41.1 Å². The molecule has 90 valence electrons. The van der Waals surface area contributed by atoms with Crippen LogP contribution in [-0.2, 0) is 0 Å². The minimum Gasteiger partial charge on any atom is -0.459 e. The fourth-order valence-corrected chi connectivity index (χ4v) is 1.81. The SMILES string of the molecule is Cc1ccoc1C(=O)Nc1ccc2cn[nH]c2c1. The molecule has 2 heterocycles. The molecular formula is C13H11N3O2. The van der Waals surface area contributed by atoms with Crippen LogP contribution in [0.3, 0.4) is 0 Å². The Balaban J connectivity index is 1.88. The van der Waals surface area contributed by atoms with Gasteiger partial charge in [-0.2, -0.15) is 5.10 Å².